The SMILES string of the molecule is O=C(/C=C/c1ccc([N+](=O)[O-])o1)Nc1ccc2ccccc2c1. The third-order valence-electron chi connectivity index (χ3n) is 3.21. The zero-order chi connectivity index (χ0) is 16.2. The van der Waals surface area contributed by atoms with Gasteiger partial charge in [0.25, 0.3) is 0 Å². The van der Waals surface area contributed by atoms with Gasteiger partial charge in [0, 0.05) is 11.8 Å². The number of nitrogens with one attached hydrogen (secondary N) is 1. The Morgan fingerprint density at radius 2 is 1.87 bits per heavy atom. The van der Waals surface area contributed by atoms with Gasteiger partial charge < -0.3 is 9.73 Å². The minimum Gasteiger partial charge on any atom is -0.401 e. The number of furan rings is 1. The fourth-order valence-electron chi connectivity index (χ4n) is 2.14. The summed E-state index contributed by atoms with van der Waals surface area (Å²) in [6.07, 6.45) is 2.64. The molecule has 114 valence electrons. The van der Waals surface area contributed by atoms with Crippen LogP contribution in [0.2, 0.25) is 0 Å². The molecule has 1 amide bonds. The Bertz CT molecular complexity index is 912. The lowest BCUT2D eigenvalue weighted by Gasteiger charge is -2.04. The highest BCUT2D eigenvalue weighted by atomic mass is 16.6. The van der Waals surface area contributed by atoms with Crippen LogP contribution in [-0.4, -0.2) is 10.8 Å². The van der Waals surface area contributed by atoms with E-state index in [0.717, 1.165) is 10.8 Å². The normalized spacial score (nSPS) is 11.0. The monoisotopic (exact) mass is 308 g/mol. The van der Waals surface area contributed by atoms with E-state index >= 15 is 0 Å². The predicted octanol–water partition coefficient (Wildman–Crippen LogP) is 3.99. The minimum atomic E-state index is -0.632. The summed E-state index contributed by atoms with van der Waals surface area (Å²) >= 11 is 0. The molecule has 0 aliphatic carbocycles. The highest BCUT2D eigenvalue weighted by Gasteiger charge is 2.10. The molecule has 3 rings (SSSR count). The van der Waals surface area contributed by atoms with Crippen LogP contribution in [0.1, 0.15) is 5.76 Å². The average Bonchev–Trinajstić information content (AvgIpc) is 3.02. The number of benzene rings is 2. The van der Waals surface area contributed by atoms with Crippen LogP contribution in [-0.2, 0) is 4.79 Å². The van der Waals surface area contributed by atoms with Crippen LogP contribution in [0.3, 0.4) is 0 Å². The molecule has 0 radical (unpaired) electrons. The maximum atomic E-state index is 11.9. The first kappa shape index (κ1) is 14.5. The van der Waals surface area contributed by atoms with Gasteiger partial charge in [0.2, 0.25) is 5.91 Å². The van der Waals surface area contributed by atoms with Gasteiger partial charge in [-0.3, -0.25) is 14.9 Å². The topological polar surface area (TPSA) is 85.4 Å². The zero-order valence-corrected chi connectivity index (χ0v) is 11.9. The molecule has 0 aliphatic rings. The number of anilines is 1. The molecule has 0 saturated carbocycles. The van der Waals surface area contributed by atoms with E-state index in [1.54, 1.807) is 0 Å². The first-order chi connectivity index (χ1) is 11.1. The lowest BCUT2D eigenvalue weighted by molar-refractivity contribution is -0.402. The Kier molecular flexibility index (Phi) is 3.88. The summed E-state index contributed by atoms with van der Waals surface area (Å²) in [5.74, 6) is -0.468. The van der Waals surface area contributed by atoms with Crippen molar-refractivity contribution in [3.8, 4) is 0 Å². The van der Waals surface area contributed by atoms with Crippen LogP contribution >= 0.6 is 0 Å². The second kappa shape index (κ2) is 6.15. The van der Waals surface area contributed by atoms with Gasteiger partial charge in [-0.2, -0.15) is 0 Å². The Balaban J connectivity index is 1.69. The van der Waals surface area contributed by atoms with E-state index in [9.17, 15) is 14.9 Å². The quantitative estimate of drug-likeness (QED) is 0.448. The zero-order valence-electron chi connectivity index (χ0n) is 11.9. The van der Waals surface area contributed by atoms with Crippen molar-refractivity contribution in [1.82, 2.24) is 0 Å². The highest BCUT2D eigenvalue weighted by molar-refractivity contribution is 6.02. The Hall–Kier alpha value is -3.41. The highest BCUT2D eigenvalue weighted by Crippen LogP contribution is 2.19. The summed E-state index contributed by atoms with van der Waals surface area (Å²) in [5, 5.41) is 15.4. The number of hydrogen-bond acceptors (Lipinski definition) is 4. The fourth-order valence-corrected chi connectivity index (χ4v) is 2.14. The number of amides is 1. The number of fused-ring (bicyclic) bond motifs is 1. The molecule has 0 spiro atoms. The third kappa shape index (κ3) is 3.44. The van der Waals surface area contributed by atoms with Gasteiger partial charge in [0.05, 0.1) is 6.07 Å². The van der Waals surface area contributed by atoms with E-state index < -0.39 is 4.92 Å². The van der Waals surface area contributed by atoms with Crippen molar-refractivity contribution in [2.24, 2.45) is 0 Å². The van der Waals surface area contributed by atoms with Gasteiger partial charge in [-0.1, -0.05) is 30.3 Å². The number of rotatable bonds is 4. The van der Waals surface area contributed by atoms with Gasteiger partial charge in [0.1, 0.15) is 10.7 Å². The summed E-state index contributed by atoms with van der Waals surface area (Å²) in [6, 6.07) is 16.1. The van der Waals surface area contributed by atoms with Crippen LogP contribution in [0.5, 0.6) is 0 Å². The van der Waals surface area contributed by atoms with Gasteiger partial charge in [0.15, 0.2) is 0 Å². The molecule has 1 N–H and O–H groups in total. The fraction of sp³-hybridized carbons (Fsp3) is 0. The van der Waals surface area contributed by atoms with Crippen LogP contribution in [0.4, 0.5) is 11.6 Å². The van der Waals surface area contributed by atoms with E-state index in [2.05, 4.69) is 5.32 Å². The largest absolute Gasteiger partial charge is 0.433 e. The molecule has 2 aromatic carbocycles. The first-order valence-corrected chi connectivity index (χ1v) is 6.84. The van der Waals surface area contributed by atoms with E-state index in [1.165, 1.54) is 24.3 Å². The van der Waals surface area contributed by atoms with Crippen molar-refractivity contribution in [1.29, 1.82) is 0 Å². The van der Waals surface area contributed by atoms with Gasteiger partial charge in [-0.15, -0.1) is 0 Å². The number of carbonyl (C=O) groups is 1. The van der Waals surface area contributed by atoms with Crippen LogP contribution in [0, 0.1) is 10.1 Å². The van der Waals surface area contributed by atoms with Crippen molar-refractivity contribution in [3.63, 3.8) is 0 Å². The van der Waals surface area contributed by atoms with Gasteiger partial charge in [-0.25, -0.2) is 0 Å². The standard InChI is InChI=1S/C17H12N2O4/c20-16(9-7-15-8-10-17(23-15)19(21)22)18-14-6-5-12-3-1-2-4-13(12)11-14/h1-11H,(H,18,20)/b9-7+. The van der Waals surface area contributed by atoms with Crippen molar-refractivity contribution >= 4 is 34.3 Å². The maximum Gasteiger partial charge on any atom is 0.433 e. The minimum absolute atomic E-state index is 0.241. The summed E-state index contributed by atoms with van der Waals surface area (Å²) in [7, 11) is 0. The molecule has 0 bridgehead atoms. The van der Waals surface area contributed by atoms with E-state index in [1.807, 2.05) is 42.5 Å². The van der Waals surface area contributed by atoms with Crippen molar-refractivity contribution in [3.05, 3.63) is 76.5 Å². The van der Waals surface area contributed by atoms with Crippen molar-refractivity contribution in [2.45, 2.75) is 0 Å². The second-order valence-corrected chi connectivity index (χ2v) is 4.82. The molecule has 0 unspecified atom stereocenters. The lowest BCUT2D eigenvalue weighted by atomic mass is 10.1. The van der Waals surface area contributed by atoms with Gasteiger partial charge >= 0.3 is 5.88 Å². The predicted molar refractivity (Wildman–Crippen MR) is 87.0 cm³/mol. The molecule has 1 aromatic heterocycles. The Morgan fingerprint density at radius 3 is 2.61 bits per heavy atom. The average molecular weight is 308 g/mol. The summed E-state index contributed by atoms with van der Waals surface area (Å²) in [5.41, 5.74) is 0.670. The van der Waals surface area contributed by atoms with Crippen LogP contribution in [0.15, 0.2) is 65.1 Å². The molecule has 6 nitrogen and oxygen atoms in total. The molecule has 1 heterocycles. The Morgan fingerprint density at radius 1 is 1.09 bits per heavy atom. The molecule has 23 heavy (non-hydrogen) atoms. The van der Waals surface area contributed by atoms with E-state index in [4.69, 9.17) is 4.42 Å². The summed E-state index contributed by atoms with van der Waals surface area (Å²) < 4.78 is 4.94. The van der Waals surface area contributed by atoms with E-state index in [-0.39, 0.29) is 17.6 Å². The molecule has 0 aliphatic heterocycles. The molecule has 0 atom stereocenters. The molecule has 0 fully saturated rings. The molecule has 0 saturated heterocycles. The van der Waals surface area contributed by atoms with Crippen molar-refractivity contribution < 1.29 is 14.1 Å². The molecular weight excluding hydrogens is 296 g/mol. The van der Waals surface area contributed by atoms with Crippen LogP contribution < -0.4 is 5.32 Å². The summed E-state index contributed by atoms with van der Waals surface area (Å²) in [4.78, 5) is 21.8. The first-order valence-electron chi connectivity index (χ1n) is 6.84. The third-order valence-corrected chi connectivity index (χ3v) is 3.21. The molecular formula is C17H12N2O4. The van der Waals surface area contributed by atoms with E-state index in [0.29, 0.717) is 5.69 Å². The lowest BCUT2D eigenvalue weighted by Crippen LogP contribution is -2.07. The second-order valence-electron chi connectivity index (χ2n) is 4.82. The molecule has 6 heteroatoms. The number of nitrogens with zero attached hydrogens (tertiary/aromatic N) is 1. The van der Waals surface area contributed by atoms with Gasteiger partial charge in [-0.05, 0) is 35.0 Å². The number of nitro groups is 1. The number of carbonyl (C=O) groups excluding carboxylic acids is 1. The molecule has 3 aromatic rings. The summed E-state index contributed by atoms with van der Waals surface area (Å²) in [6.45, 7) is 0. The van der Waals surface area contributed by atoms with Crippen molar-refractivity contribution in [2.75, 3.05) is 5.32 Å². The van der Waals surface area contributed by atoms with Crippen LogP contribution in [0.25, 0.3) is 16.8 Å². The number of hydrogen-bond donors (Lipinski definition) is 1. The smallest absolute Gasteiger partial charge is 0.401 e. The maximum absolute atomic E-state index is 11.9. The Labute approximate surface area is 131 Å².